The molecule has 0 aromatic heterocycles. The average molecular weight is 186 g/mol. The van der Waals surface area contributed by atoms with Crippen molar-refractivity contribution in [1.82, 2.24) is 0 Å². The van der Waals surface area contributed by atoms with Crippen LogP contribution in [-0.4, -0.2) is 13.2 Å². The molecule has 2 atom stereocenters. The summed E-state index contributed by atoms with van der Waals surface area (Å²) in [5.41, 5.74) is 0. The molecule has 1 nitrogen and oxygen atoms in total. The minimum atomic E-state index is 0.680. The van der Waals surface area contributed by atoms with Gasteiger partial charge in [-0.2, -0.15) is 0 Å². The van der Waals surface area contributed by atoms with Crippen LogP contribution in [0.5, 0.6) is 0 Å². The maximum atomic E-state index is 5.68. The Hall–Kier alpha value is -0.0400. The van der Waals surface area contributed by atoms with Crippen LogP contribution in [0.25, 0.3) is 0 Å². The molecule has 0 aliphatic carbocycles. The van der Waals surface area contributed by atoms with Crippen molar-refractivity contribution in [3.8, 4) is 0 Å². The van der Waals surface area contributed by atoms with E-state index in [-0.39, 0.29) is 0 Å². The summed E-state index contributed by atoms with van der Waals surface area (Å²) in [6.07, 6.45) is 0. The van der Waals surface area contributed by atoms with Gasteiger partial charge in [-0.15, -0.1) is 0 Å². The molecule has 0 aromatic carbocycles. The van der Waals surface area contributed by atoms with Gasteiger partial charge in [-0.3, -0.25) is 0 Å². The highest BCUT2D eigenvalue weighted by Crippen LogP contribution is 2.13. The minimum Gasteiger partial charge on any atom is -0.381 e. The van der Waals surface area contributed by atoms with Gasteiger partial charge in [0.15, 0.2) is 0 Å². The lowest BCUT2D eigenvalue weighted by molar-refractivity contribution is 0.0568. The number of ether oxygens (including phenoxy) is 1. The third-order valence-corrected chi connectivity index (χ3v) is 3.04. The lowest BCUT2D eigenvalue weighted by Gasteiger charge is -2.19. The second-order valence-electron chi connectivity index (χ2n) is 4.98. The fraction of sp³-hybridized carbons (Fsp3) is 1.00. The summed E-state index contributed by atoms with van der Waals surface area (Å²) in [7, 11) is 0. The van der Waals surface area contributed by atoms with E-state index in [4.69, 9.17) is 4.74 Å². The summed E-state index contributed by atoms with van der Waals surface area (Å²) in [6.45, 7) is 15.3. The van der Waals surface area contributed by atoms with Gasteiger partial charge in [0.05, 0.1) is 0 Å². The molecule has 0 rings (SSSR count). The summed E-state index contributed by atoms with van der Waals surface area (Å²) in [5.74, 6) is 2.82. The van der Waals surface area contributed by atoms with Crippen LogP contribution in [-0.2, 0) is 4.74 Å². The molecule has 0 bridgehead atoms. The van der Waals surface area contributed by atoms with Crippen molar-refractivity contribution < 1.29 is 4.74 Å². The summed E-state index contributed by atoms with van der Waals surface area (Å²) in [4.78, 5) is 0. The molecule has 0 aromatic rings. The Balaban J connectivity index is 3.45. The van der Waals surface area contributed by atoms with E-state index in [9.17, 15) is 0 Å². The minimum absolute atomic E-state index is 0.680. The Morgan fingerprint density at radius 2 is 1.00 bits per heavy atom. The van der Waals surface area contributed by atoms with Gasteiger partial charge in [0.1, 0.15) is 0 Å². The molecule has 0 aliphatic rings. The molecule has 0 aliphatic heterocycles. The molecule has 0 heterocycles. The fourth-order valence-corrected chi connectivity index (χ4v) is 0.825. The van der Waals surface area contributed by atoms with Gasteiger partial charge in [-0.25, -0.2) is 0 Å². The van der Waals surface area contributed by atoms with Crippen molar-refractivity contribution in [2.75, 3.05) is 13.2 Å². The second kappa shape index (κ2) is 6.42. The van der Waals surface area contributed by atoms with Gasteiger partial charge in [-0.1, -0.05) is 41.5 Å². The quantitative estimate of drug-likeness (QED) is 0.616. The molecule has 13 heavy (non-hydrogen) atoms. The normalized spacial score (nSPS) is 16.6. The van der Waals surface area contributed by atoms with E-state index < -0.39 is 0 Å². The standard InChI is InChI=1S/C12H26O/c1-9(2)11(5)7-13-8-12(6)10(3)4/h9-12H,7-8H2,1-6H3. The molecule has 0 spiro atoms. The van der Waals surface area contributed by atoms with E-state index in [1.54, 1.807) is 0 Å². The van der Waals surface area contributed by atoms with Crippen molar-refractivity contribution in [2.24, 2.45) is 23.7 Å². The summed E-state index contributed by atoms with van der Waals surface area (Å²) >= 11 is 0. The molecule has 80 valence electrons. The number of hydrogen-bond acceptors (Lipinski definition) is 1. The van der Waals surface area contributed by atoms with E-state index in [0.717, 1.165) is 25.0 Å². The van der Waals surface area contributed by atoms with Gasteiger partial charge in [0.25, 0.3) is 0 Å². The van der Waals surface area contributed by atoms with Crippen LogP contribution in [0.2, 0.25) is 0 Å². The predicted octanol–water partition coefficient (Wildman–Crippen LogP) is 3.59. The van der Waals surface area contributed by atoms with Gasteiger partial charge in [-0.05, 0) is 23.7 Å². The van der Waals surface area contributed by atoms with Crippen LogP contribution in [0.3, 0.4) is 0 Å². The zero-order chi connectivity index (χ0) is 10.4. The Kier molecular flexibility index (Phi) is 6.40. The van der Waals surface area contributed by atoms with E-state index >= 15 is 0 Å². The third kappa shape index (κ3) is 6.09. The Bertz CT molecular complexity index is 104. The first-order chi connectivity index (χ1) is 5.95. The van der Waals surface area contributed by atoms with Crippen LogP contribution >= 0.6 is 0 Å². The predicted molar refractivity (Wildman–Crippen MR) is 58.8 cm³/mol. The van der Waals surface area contributed by atoms with Crippen molar-refractivity contribution in [1.29, 1.82) is 0 Å². The molecule has 1 heteroatoms. The topological polar surface area (TPSA) is 9.23 Å². The van der Waals surface area contributed by atoms with Crippen LogP contribution in [0.15, 0.2) is 0 Å². The van der Waals surface area contributed by atoms with E-state index in [1.165, 1.54) is 0 Å². The Labute approximate surface area is 83.9 Å². The SMILES string of the molecule is CC(C)C(C)COCC(C)C(C)C. The summed E-state index contributed by atoms with van der Waals surface area (Å²) in [6, 6.07) is 0. The van der Waals surface area contributed by atoms with E-state index in [0.29, 0.717) is 11.8 Å². The molecule has 0 N–H and O–H groups in total. The smallest absolute Gasteiger partial charge is 0.0494 e. The van der Waals surface area contributed by atoms with Gasteiger partial charge in [0, 0.05) is 13.2 Å². The molecule has 2 unspecified atom stereocenters. The Morgan fingerprint density at radius 1 is 0.692 bits per heavy atom. The number of hydrogen-bond donors (Lipinski definition) is 0. The van der Waals surface area contributed by atoms with Crippen LogP contribution in [0, 0.1) is 23.7 Å². The van der Waals surface area contributed by atoms with Gasteiger partial charge >= 0.3 is 0 Å². The molecular weight excluding hydrogens is 160 g/mol. The van der Waals surface area contributed by atoms with Gasteiger partial charge in [0.2, 0.25) is 0 Å². The molecule has 0 amide bonds. The second-order valence-corrected chi connectivity index (χ2v) is 4.98. The van der Waals surface area contributed by atoms with Crippen LogP contribution in [0.4, 0.5) is 0 Å². The lowest BCUT2D eigenvalue weighted by atomic mass is 9.98. The maximum Gasteiger partial charge on any atom is 0.0494 e. The molecule has 0 saturated heterocycles. The summed E-state index contributed by atoms with van der Waals surface area (Å²) < 4.78 is 5.68. The zero-order valence-corrected chi connectivity index (χ0v) is 10.1. The fourth-order valence-electron chi connectivity index (χ4n) is 0.825. The first-order valence-electron chi connectivity index (χ1n) is 5.52. The van der Waals surface area contributed by atoms with Crippen molar-refractivity contribution in [2.45, 2.75) is 41.5 Å². The summed E-state index contributed by atoms with van der Waals surface area (Å²) in [5, 5.41) is 0. The monoisotopic (exact) mass is 186 g/mol. The van der Waals surface area contributed by atoms with E-state index in [2.05, 4.69) is 41.5 Å². The molecular formula is C12H26O. The maximum absolute atomic E-state index is 5.68. The Morgan fingerprint density at radius 3 is 1.23 bits per heavy atom. The zero-order valence-electron chi connectivity index (χ0n) is 10.1. The molecule has 0 fully saturated rings. The average Bonchev–Trinajstić information content (AvgIpc) is 2.03. The van der Waals surface area contributed by atoms with E-state index in [1.807, 2.05) is 0 Å². The third-order valence-electron chi connectivity index (χ3n) is 3.04. The largest absolute Gasteiger partial charge is 0.381 e. The first kappa shape index (κ1) is 13.0. The highest BCUT2D eigenvalue weighted by molar-refractivity contribution is 4.58. The van der Waals surface area contributed by atoms with Crippen molar-refractivity contribution in [3.63, 3.8) is 0 Å². The first-order valence-corrected chi connectivity index (χ1v) is 5.52. The van der Waals surface area contributed by atoms with Crippen LogP contribution < -0.4 is 0 Å². The number of rotatable bonds is 6. The molecule has 0 saturated carbocycles. The highest BCUT2D eigenvalue weighted by atomic mass is 16.5. The molecule has 0 radical (unpaired) electrons. The van der Waals surface area contributed by atoms with Crippen LogP contribution in [0.1, 0.15) is 41.5 Å². The highest BCUT2D eigenvalue weighted by Gasteiger charge is 2.10. The van der Waals surface area contributed by atoms with Gasteiger partial charge < -0.3 is 4.74 Å². The van der Waals surface area contributed by atoms with Crippen molar-refractivity contribution in [3.05, 3.63) is 0 Å². The lowest BCUT2D eigenvalue weighted by Crippen LogP contribution is -2.17. The van der Waals surface area contributed by atoms with Crippen molar-refractivity contribution >= 4 is 0 Å².